The van der Waals surface area contributed by atoms with Crippen LogP contribution >= 0.6 is 0 Å². The number of hydrogen-bond donors (Lipinski definition) is 2. The number of carbonyl (C=O) groups excluding carboxylic acids is 2. The molecule has 0 bridgehead atoms. The summed E-state index contributed by atoms with van der Waals surface area (Å²) in [5, 5.41) is 5.77. The fourth-order valence-electron chi connectivity index (χ4n) is 4.57. The number of anilines is 1. The number of rotatable bonds is 4. The molecule has 2 amide bonds. The standard InChI is InChI=1S/C23H31N5O3/c1-16-7-4-6-12-27(16)14-11-24-21(29)22(30)25-17-9-10-19-18(15-17)23(31)28-13-5-2-3-8-20(28)26-19/h9-10,15-16H,2-8,11-14H2,1H3,(H,24,29)(H,25,30)/t16-/m0/s1. The van der Waals surface area contributed by atoms with Gasteiger partial charge in [-0.2, -0.15) is 0 Å². The Hall–Kier alpha value is -2.74. The summed E-state index contributed by atoms with van der Waals surface area (Å²) in [6, 6.07) is 5.54. The van der Waals surface area contributed by atoms with Crippen molar-refractivity contribution in [3.8, 4) is 0 Å². The van der Waals surface area contributed by atoms with E-state index in [0.717, 1.165) is 44.6 Å². The highest BCUT2D eigenvalue weighted by Gasteiger charge is 2.19. The number of hydrogen-bond acceptors (Lipinski definition) is 5. The van der Waals surface area contributed by atoms with Crippen molar-refractivity contribution in [1.82, 2.24) is 19.8 Å². The number of aryl methyl sites for hydroxylation is 1. The Bertz CT molecular complexity index is 1030. The maximum atomic E-state index is 12.9. The molecule has 31 heavy (non-hydrogen) atoms. The molecule has 1 fully saturated rings. The Labute approximate surface area is 182 Å². The maximum absolute atomic E-state index is 12.9. The van der Waals surface area contributed by atoms with Crippen molar-refractivity contribution in [2.24, 2.45) is 0 Å². The average Bonchev–Trinajstić information content (AvgIpc) is 3.01. The third kappa shape index (κ3) is 4.95. The van der Waals surface area contributed by atoms with Crippen LogP contribution in [0, 0.1) is 0 Å². The van der Waals surface area contributed by atoms with Crippen LogP contribution in [0.1, 0.15) is 51.3 Å². The summed E-state index contributed by atoms with van der Waals surface area (Å²) in [7, 11) is 0. The Morgan fingerprint density at radius 2 is 1.94 bits per heavy atom. The van der Waals surface area contributed by atoms with Crippen molar-refractivity contribution in [2.45, 2.75) is 64.5 Å². The number of carbonyl (C=O) groups is 2. The first-order chi connectivity index (χ1) is 15.0. The van der Waals surface area contributed by atoms with E-state index in [1.54, 1.807) is 22.8 Å². The molecule has 0 aliphatic carbocycles. The molecule has 2 aromatic rings. The van der Waals surface area contributed by atoms with Gasteiger partial charge < -0.3 is 10.6 Å². The number of nitrogens with zero attached hydrogens (tertiary/aromatic N) is 3. The molecule has 3 heterocycles. The highest BCUT2D eigenvalue weighted by molar-refractivity contribution is 6.39. The Kier molecular flexibility index (Phi) is 6.65. The maximum Gasteiger partial charge on any atom is 0.313 e. The van der Waals surface area contributed by atoms with Gasteiger partial charge in [0.05, 0.1) is 10.9 Å². The van der Waals surface area contributed by atoms with E-state index in [9.17, 15) is 14.4 Å². The lowest BCUT2D eigenvalue weighted by Crippen LogP contribution is -2.44. The second kappa shape index (κ2) is 9.60. The topological polar surface area (TPSA) is 96.3 Å². The minimum Gasteiger partial charge on any atom is -0.347 e. The molecule has 0 saturated carbocycles. The van der Waals surface area contributed by atoms with Crippen LogP contribution in [0.3, 0.4) is 0 Å². The van der Waals surface area contributed by atoms with Crippen molar-refractivity contribution in [1.29, 1.82) is 0 Å². The highest BCUT2D eigenvalue weighted by Crippen LogP contribution is 2.18. The normalized spacial score (nSPS) is 19.5. The fourth-order valence-corrected chi connectivity index (χ4v) is 4.57. The SMILES string of the molecule is C[C@H]1CCCCN1CCNC(=O)C(=O)Nc1ccc2nc3n(c(=O)c2c1)CCCCC3. The largest absolute Gasteiger partial charge is 0.347 e. The number of fused-ring (bicyclic) bond motifs is 2. The number of likely N-dealkylation sites (tertiary alicyclic amines) is 1. The van der Waals surface area contributed by atoms with E-state index in [1.165, 1.54) is 19.3 Å². The molecule has 0 radical (unpaired) electrons. The molecule has 1 saturated heterocycles. The van der Waals surface area contributed by atoms with Crippen molar-refractivity contribution in [2.75, 3.05) is 25.0 Å². The predicted molar refractivity (Wildman–Crippen MR) is 120 cm³/mol. The quantitative estimate of drug-likeness (QED) is 0.731. The van der Waals surface area contributed by atoms with E-state index in [2.05, 4.69) is 27.4 Å². The zero-order valence-electron chi connectivity index (χ0n) is 18.2. The van der Waals surface area contributed by atoms with E-state index in [4.69, 9.17) is 0 Å². The smallest absolute Gasteiger partial charge is 0.313 e. The summed E-state index contributed by atoms with van der Waals surface area (Å²) >= 11 is 0. The van der Waals surface area contributed by atoms with Crippen LogP contribution < -0.4 is 16.2 Å². The molecule has 8 nitrogen and oxygen atoms in total. The number of nitrogens with one attached hydrogen (secondary N) is 2. The first kappa shape index (κ1) is 21.5. The first-order valence-corrected chi connectivity index (χ1v) is 11.4. The van der Waals surface area contributed by atoms with Gasteiger partial charge in [0, 0.05) is 37.8 Å². The number of aromatic nitrogens is 2. The van der Waals surface area contributed by atoms with Crippen molar-refractivity contribution >= 4 is 28.4 Å². The van der Waals surface area contributed by atoms with Gasteiger partial charge in [0.25, 0.3) is 5.56 Å². The van der Waals surface area contributed by atoms with Crippen LogP contribution in [-0.2, 0) is 22.6 Å². The van der Waals surface area contributed by atoms with Gasteiger partial charge >= 0.3 is 11.8 Å². The lowest BCUT2D eigenvalue weighted by molar-refractivity contribution is -0.136. The molecule has 4 rings (SSSR count). The molecule has 2 aliphatic heterocycles. The monoisotopic (exact) mass is 425 g/mol. The van der Waals surface area contributed by atoms with E-state index < -0.39 is 11.8 Å². The van der Waals surface area contributed by atoms with Gasteiger partial charge in [-0.05, 0) is 57.4 Å². The Morgan fingerprint density at radius 1 is 1.10 bits per heavy atom. The molecule has 1 aromatic heterocycles. The van der Waals surface area contributed by atoms with Crippen LogP contribution in [0.4, 0.5) is 5.69 Å². The average molecular weight is 426 g/mol. The molecule has 1 atom stereocenters. The first-order valence-electron chi connectivity index (χ1n) is 11.4. The second-order valence-corrected chi connectivity index (χ2v) is 8.62. The van der Waals surface area contributed by atoms with Gasteiger partial charge in [-0.3, -0.25) is 23.9 Å². The van der Waals surface area contributed by atoms with Gasteiger partial charge in [-0.15, -0.1) is 0 Å². The summed E-state index contributed by atoms with van der Waals surface area (Å²) in [4.78, 5) is 44.5. The molecule has 2 N–H and O–H groups in total. The van der Waals surface area contributed by atoms with Gasteiger partial charge in [0.1, 0.15) is 5.82 Å². The predicted octanol–water partition coefficient (Wildman–Crippen LogP) is 2.05. The number of amides is 2. The molecule has 166 valence electrons. The van der Waals surface area contributed by atoms with E-state index >= 15 is 0 Å². The Morgan fingerprint density at radius 3 is 2.77 bits per heavy atom. The molecule has 8 heteroatoms. The van der Waals surface area contributed by atoms with Crippen LogP contribution in [0.15, 0.2) is 23.0 Å². The van der Waals surface area contributed by atoms with Crippen LogP contribution in [0.2, 0.25) is 0 Å². The van der Waals surface area contributed by atoms with Crippen LogP contribution in [0.25, 0.3) is 10.9 Å². The summed E-state index contributed by atoms with van der Waals surface area (Å²) in [6.07, 6.45) is 7.50. The lowest BCUT2D eigenvalue weighted by atomic mass is 10.0. The second-order valence-electron chi connectivity index (χ2n) is 8.62. The van der Waals surface area contributed by atoms with E-state index in [1.807, 2.05) is 0 Å². The third-order valence-corrected chi connectivity index (χ3v) is 6.40. The summed E-state index contributed by atoms with van der Waals surface area (Å²) in [6.45, 7) is 5.08. The number of piperidine rings is 1. The molecule has 1 aromatic carbocycles. The minimum atomic E-state index is -0.728. The zero-order valence-corrected chi connectivity index (χ0v) is 18.2. The fraction of sp³-hybridized carbons (Fsp3) is 0.565. The van der Waals surface area contributed by atoms with Crippen molar-refractivity contribution < 1.29 is 9.59 Å². The zero-order chi connectivity index (χ0) is 21.8. The van der Waals surface area contributed by atoms with Gasteiger partial charge in [-0.25, -0.2) is 4.98 Å². The van der Waals surface area contributed by atoms with E-state index in [0.29, 0.717) is 35.7 Å². The van der Waals surface area contributed by atoms with Crippen LogP contribution in [0.5, 0.6) is 0 Å². The van der Waals surface area contributed by atoms with Gasteiger partial charge in [0.2, 0.25) is 0 Å². The molecule has 2 aliphatic rings. The highest BCUT2D eigenvalue weighted by atomic mass is 16.2. The molecular formula is C23H31N5O3. The number of benzene rings is 1. The molecular weight excluding hydrogens is 394 g/mol. The molecule has 0 unspecified atom stereocenters. The van der Waals surface area contributed by atoms with Gasteiger partial charge in [-0.1, -0.05) is 12.8 Å². The van der Waals surface area contributed by atoms with Gasteiger partial charge in [0.15, 0.2) is 0 Å². The summed E-state index contributed by atoms with van der Waals surface area (Å²) in [5.74, 6) is -0.565. The molecule has 0 spiro atoms. The third-order valence-electron chi connectivity index (χ3n) is 6.40. The lowest BCUT2D eigenvalue weighted by Gasteiger charge is -2.33. The van der Waals surface area contributed by atoms with Crippen molar-refractivity contribution in [3.63, 3.8) is 0 Å². The van der Waals surface area contributed by atoms with Crippen molar-refractivity contribution in [3.05, 3.63) is 34.4 Å². The minimum absolute atomic E-state index is 0.0851. The summed E-state index contributed by atoms with van der Waals surface area (Å²) < 4.78 is 1.75. The Balaban J connectivity index is 1.39. The summed E-state index contributed by atoms with van der Waals surface area (Å²) in [5.41, 5.74) is 0.958. The van der Waals surface area contributed by atoms with E-state index in [-0.39, 0.29) is 5.56 Å². The van der Waals surface area contributed by atoms with Crippen LogP contribution in [-0.4, -0.2) is 51.9 Å².